The van der Waals surface area contributed by atoms with Gasteiger partial charge in [0.25, 0.3) is 5.91 Å². The van der Waals surface area contributed by atoms with Gasteiger partial charge in [-0.3, -0.25) is 14.5 Å². The Morgan fingerprint density at radius 1 is 0.941 bits per heavy atom. The van der Waals surface area contributed by atoms with E-state index in [2.05, 4.69) is 0 Å². The molecule has 11 heteroatoms. The van der Waals surface area contributed by atoms with Crippen molar-refractivity contribution in [3.05, 3.63) is 82.6 Å². The van der Waals surface area contributed by atoms with Crippen molar-refractivity contribution in [2.45, 2.75) is 23.8 Å². The van der Waals surface area contributed by atoms with Crippen LogP contribution in [-0.2, 0) is 24.1 Å². The number of Topliss-reactive ketones (excluding diaryl/α,β-unsaturated/α-hetero) is 1. The van der Waals surface area contributed by atoms with Gasteiger partial charge in [0.15, 0.2) is 11.5 Å². The van der Waals surface area contributed by atoms with Crippen molar-refractivity contribution in [2.24, 2.45) is 0 Å². The molecule has 0 aliphatic carbocycles. The van der Waals surface area contributed by atoms with E-state index < -0.39 is 50.4 Å². The zero-order valence-electron chi connectivity index (χ0n) is 18.0. The fourth-order valence-corrected chi connectivity index (χ4v) is 6.13. The van der Waals surface area contributed by atoms with E-state index >= 15 is 0 Å². The Labute approximate surface area is 194 Å². The summed E-state index contributed by atoms with van der Waals surface area (Å²) in [4.78, 5) is 50.6. The van der Waals surface area contributed by atoms with Gasteiger partial charge in [-0.2, -0.15) is 0 Å². The lowest BCUT2D eigenvalue weighted by molar-refractivity contribution is -0.159. The number of benzene rings is 2. The average molecular weight is 485 g/mol. The highest BCUT2D eigenvalue weighted by Gasteiger charge is 2.63. The van der Waals surface area contributed by atoms with Crippen LogP contribution in [0.25, 0.3) is 0 Å². The molecule has 2 heterocycles. The summed E-state index contributed by atoms with van der Waals surface area (Å²) in [6, 6.07) is 12.7. The molecule has 0 aromatic heterocycles. The molecular weight excluding hydrogens is 466 g/mol. The maximum atomic E-state index is 13.3. The third-order valence-corrected chi connectivity index (χ3v) is 7.86. The van der Waals surface area contributed by atoms with Crippen molar-refractivity contribution < 1.29 is 42.2 Å². The largest absolute Gasteiger partial charge is 0.478 e. The molecule has 0 radical (unpaired) electrons. The Kier molecular flexibility index (Phi) is 5.84. The fraction of sp³-hybridized carbons (Fsp3) is 0.217. The van der Waals surface area contributed by atoms with Crippen molar-refractivity contribution in [3.8, 4) is 0 Å². The number of carboxylic acid groups (broad SMARTS) is 1. The molecule has 10 nitrogen and oxygen atoms in total. The molecule has 2 aliphatic rings. The number of aromatic carboxylic acids is 1. The van der Waals surface area contributed by atoms with Gasteiger partial charge < -0.3 is 14.6 Å². The van der Waals surface area contributed by atoms with Crippen LogP contribution >= 0.6 is 0 Å². The van der Waals surface area contributed by atoms with Gasteiger partial charge in [-0.25, -0.2) is 18.0 Å². The van der Waals surface area contributed by atoms with Crippen LogP contribution in [-0.4, -0.2) is 66.1 Å². The highest BCUT2D eigenvalue weighted by Crippen LogP contribution is 2.42. The molecule has 1 saturated heterocycles. The summed E-state index contributed by atoms with van der Waals surface area (Å²) < 4.78 is 37.1. The van der Waals surface area contributed by atoms with Crippen molar-refractivity contribution >= 4 is 33.5 Å². The number of sulfone groups is 1. The number of carbonyl (C=O) groups excluding carboxylic acids is 3. The van der Waals surface area contributed by atoms with Gasteiger partial charge in [0.1, 0.15) is 0 Å². The minimum Gasteiger partial charge on any atom is -0.478 e. The number of esters is 1. The molecule has 2 aromatic carbocycles. The second kappa shape index (κ2) is 8.50. The second-order valence-electron chi connectivity index (χ2n) is 7.69. The van der Waals surface area contributed by atoms with E-state index in [-0.39, 0.29) is 28.0 Å². The molecule has 1 fully saturated rings. The summed E-state index contributed by atoms with van der Waals surface area (Å²) in [6.45, 7) is 1.31. The SMILES string of the molecule is COC1C(=O)N2C(C(=O)c3ccccc3)=C(C)C(OC(=O)c3ccc(C(=O)O)cc3)S(=O)(=O)[C@@H]12. The minimum absolute atomic E-state index is 0.0692. The van der Waals surface area contributed by atoms with Gasteiger partial charge in [-0.15, -0.1) is 0 Å². The maximum absolute atomic E-state index is 13.3. The van der Waals surface area contributed by atoms with Gasteiger partial charge in [-0.05, 0) is 31.2 Å². The van der Waals surface area contributed by atoms with Crippen LogP contribution < -0.4 is 0 Å². The van der Waals surface area contributed by atoms with Crippen LogP contribution in [0.1, 0.15) is 38.0 Å². The number of carboxylic acids is 1. The van der Waals surface area contributed by atoms with Crippen molar-refractivity contribution in [2.75, 3.05) is 7.11 Å². The van der Waals surface area contributed by atoms with E-state index in [0.29, 0.717) is 0 Å². The van der Waals surface area contributed by atoms with Gasteiger partial charge in [0.2, 0.25) is 21.1 Å². The summed E-state index contributed by atoms with van der Waals surface area (Å²) in [5.74, 6) is -3.53. The standard InChI is InChI=1S/C23H19NO9S/c1-12-16(17(25)13-6-4-3-5-7-13)24-19(26)18(32-2)20(24)34(30,31)23(12)33-22(29)15-10-8-14(9-11-15)21(27)28/h3-11,18,20,23H,1-2H3,(H,27,28)/t18?,20-,23?/m0/s1. The molecule has 0 saturated carbocycles. The van der Waals surface area contributed by atoms with Crippen LogP contribution in [0.2, 0.25) is 0 Å². The Bertz CT molecular complexity index is 1330. The molecule has 0 spiro atoms. The van der Waals surface area contributed by atoms with Gasteiger partial charge >= 0.3 is 11.9 Å². The van der Waals surface area contributed by atoms with E-state index in [1.54, 1.807) is 18.2 Å². The van der Waals surface area contributed by atoms with Gasteiger partial charge in [0.05, 0.1) is 16.8 Å². The lowest BCUT2D eigenvalue weighted by atomic mass is 9.98. The van der Waals surface area contributed by atoms with Crippen LogP contribution in [0.15, 0.2) is 65.9 Å². The van der Waals surface area contributed by atoms with Crippen molar-refractivity contribution in [1.82, 2.24) is 4.90 Å². The lowest BCUT2D eigenvalue weighted by Crippen LogP contribution is -2.72. The maximum Gasteiger partial charge on any atom is 0.339 e. The number of methoxy groups -OCH3 is 1. The Balaban J connectivity index is 1.77. The molecule has 34 heavy (non-hydrogen) atoms. The average Bonchev–Trinajstić information content (AvgIpc) is 2.82. The molecule has 4 rings (SSSR count). The monoisotopic (exact) mass is 485 g/mol. The summed E-state index contributed by atoms with van der Waals surface area (Å²) in [6.07, 6.45) is -1.35. The number of hydrogen-bond acceptors (Lipinski definition) is 8. The Morgan fingerprint density at radius 2 is 1.53 bits per heavy atom. The first-order valence-corrected chi connectivity index (χ1v) is 11.6. The van der Waals surface area contributed by atoms with E-state index in [1.165, 1.54) is 50.4 Å². The van der Waals surface area contributed by atoms with Crippen LogP contribution in [0.4, 0.5) is 0 Å². The van der Waals surface area contributed by atoms with Crippen molar-refractivity contribution in [3.63, 3.8) is 0 Å². The lowest BCUT2D eigenvalue weighted by Gasteiger charge is -2.50. The summed E-state index contributed by atoms with van der Waals surface area (Å²) >= 11 is 0. The number of hydrogen-bond donors (Lipinski definition) is 1. The molecular formula is C23H19NO9S. The number of amides is 1. The highest BCUT2D eigenvalue weighted by atomic mass is 32.2. The molecule has 2 aromatic rings. The third kappa shape index (κ3) is 3.58. The minimum atomic E-state index is -4.35. The van der Waals surface area contributed by atoms with Crippen LogP contribution in [0.5, 0.6) is 0 Å². The number of nitrogens with zero attached hydrogens (tertiary/aromatic N) is 1. The van der Waals surface area contributed by atoms with Crippen molar-refractivity contribution in [1.29, 1.82) is 0 Å². The second-order valence-corrected chi connectivity index (χ2v) is 9.78. The highest BCUT2D eigenvalue weighted by molar-refractivity contribution is 7.93. The molecule has 0 bridgehead atoms. The molecule has 3 atom stereocenters. The van der Waals surface area contributed by atoms with Gasteiger partial charge in [-0.1, -0.05) is 30.3 Å². The van der Waals surface area contributed by atoms with Crippen LogP contribution in [0.3, 0.4) is 0 Å². The number of allylic oxidation sites excluding steroid dienone is 1. The Hall–Kier alpha value is -3.83. The van der Waals surface area contributed by atoms with Gasteiger partial charge in [0, 0.05) is 18.2 Å². The molecule has 2 unspecified atom stereocenters. The summed E-state index contributed by atoms with van der Waals surface area (Å²) in [7, 11) is -3.18. The predicted octanol–water partition coefficient (Wildman–Crippen LogP) is 1.64. The molecule has 1 N–H and O–H groups in total. The first-order valence-electron chi connectivity index (χ1n) is 10.0. The predicted molar refractivity (Wildman–Crippen MR) is 116 cm³/mol. The van der Waals surface area contributed by atoms with E-state index in [1.807, 2.05) is 0 Å². The third-order valence-electron chi connectivity index (χ3n) is 5.68. The van der Waals surface area contributed by atoms with E-state index in [4.69, 9.17) is 14.6 Å². The first-order chi connectivity index (χ1) is 16.1. The quantitative estimate of drug-likeness (QED) is 0.367. The number of β-lactam (4-membered cyclic amide) rings is 1. The summed E-state index contributed by atoms with van der Waals surface area (Å²) in [5, 5.41) is 7.47. The van der Waals surface area contributed by atoms with E-state index in [0.717, 1.165) is 4.90 Å². The number of ketones is 1. The zero-order chi connectivity index (χ0) is 24.8. The number of rotatable bonds is 6. The number of fused-ring (bicyclic) bond motifs is 1. The van der Waals surface area contributed by atoms with Crippen LogP contribution in [0, 0.1) is 0 Å². The first kappa shape index (κ1) is 23.3. The fourth-order valence-electron chi connectivity index (χ4n) is 3.97. The smallest absolute Gasteiger partial charge is 0.339 e. The molecule has 2 aliphatic heterocycles. The number of carbonyl (C=O) groups is 4. The summed E-state index contributed by atoms with van der Waals surface area (Å²) in [5.41, 5.74) is -2.10. The Morgan fingerprint density at radius 3 is 2.09 bits per heavy atom. The van der Waals surface area contributed by atoms with E-state index in [9.17, 15) is 27.6 Å². The molecule has 176 valence electrons. The normalized spacial score (nSPS) is 23.1. The number of ether oxygens (including phenoxy) is 2. The molecule has 1 amide bonds. The topological polar surface area (TPSA) is 144 Å². The zero-order valence-corrected chi connectivity index (χ0v) is 18.8.